The lowest BCUT2D eigenvalue weighted by Gasteiger charge is -2.36. The predicted octanol–water partition coefficient (Wildman–Crippen LogP) is 3.56. The minimum absolute atomic E-state index is 0.175. The zero-order chi connectivity index (χ0) is 19.1. The van der Waals surface area contributed by atoms with Crippen molar-refractivity contribution in [3.05, 3.63) is 29.3 Å². The van der Waals surface area contributed by atoms with E-state index in [0.29, 0.717) is 19.3 Å². The first-order valence-electron chi connectivity index (χ1n) is 10.2. The van der Waals surface area contributed by atoms with Crippen LogP contribution in [0.2, 0.25) is 5.02 Å². The molecule has 6 heteroatoms. The van der Waals surface area contributed by atoms with Gasteiger partial charge < -0.3 is 14.7 Å². The maximum Gasteiger partial charge on any atom is 0.222 e. The van der Waals surface area contributed by atoms with E-state index in [9.17, 15) is 9.59 Å². The largest absolute Gasteiger partial charge is 0.368 e. The molecular weight excluding hydrogens is 362 g/mol. The summed E-state index contributed by atoms with van der Waals surface area (Å²) in [6.07, 6.45) is 6.31. The highest BCUT2D eigenvalue weighted by molar-refractivity contribution is 6.30. The average Bonchev–Trinajstić information content (AvgIpc) is 2.98. The van der Waals surface area contributed by atoms with E-state index in [1.165, 1.54) is 12.8 Å². The van der Waals surface area contributed by atoms with Crippen LogP contribution in [0.25, 0.3) is 0 Å². The number of rotatable bonds is 5. The average molecular weight is 392 g/mol. The molecule has 0 bridgehead atoms. The molecule has 2 aliphatic heterocycles. The quantitative estimate of drug-likeness (QED) is 0.770. The molecule has 1 aromatic carbocycles. The molecule has 1 aromatic rings. The van der Waals surface area contributed by atoms with Gasteiger partial charge in [0.1, 0.15) is 0 Å². The molecule has 0 N–H and O–H groups in total. The molecule has 0 atom stereocenters. The van der Waals surface area contributed by atoms with Crippen LogP contribution in [0.5, 0.6) is 0 Å². The summed E-state index contributed by atoms with van der Waals surface area (Å²) in [6, 6.07) is 7.84. The van der Waals surface area contributed by atoms with Crippen molar-refractivity contribution in [2.24, 2.45) is 0 Å². The first-order valence-corrected chi connectivity index (χ1v) is 10.6. The Morgan fingerprint density at radius 2 is 1.26 bits per heavy atom. The molecule has 0 aliphatic carbocycles. The first-order chi connectivity index (χ1) is 13.1. The van der Waals surface area contributed by atoms with E-state index in [1.807, 2.05) is 34.1 Å². The lowest BCUT2D eigenvalue weighted by atomic mass is 10.1. The molecule has 0 aromatic heterocycles. The summed E-state index contributed by atoms with van der Waals surface area (Å²) < 4.78 is 0. The van der Waals surface area contributed by atoms with Gasteiger partial charge in [0, 0.05) is 62.8 Å². The SMILES string of the molecule is O=C(CCCC(=O)N1CCN(c2ccc(Cl)cc2)CC1)N1CCCCCC1. The molecule has 5 nitrogen and oxygen atoms in total. The number of nitrogens with zero attached hydrogens (tertiary/aromatic N) is 3. The van der Waals surface area contributed by atoms with E-state index in [1.54, 1.807) is 0 Å². The molecule has 27 heavy (non-hydrogen) atoms. The van der Waals surface area contributed by atoms with Crippen molar-refractivity contribution in [1.82, 2.24) is 9.80 Å². The van der Waals surface area contributed by atoms with Gasteiger partial charge in [-0.2, -0.15) is 0 Å². The van der Waals surface area contributed by atoms with Crippen molar-refractivity contribution in [1.29, 1.82) is 0 Å². The third-order valence-corrected chi connectivity index (χ3v) is 5.82. The van der Waals surface area contributed by atoms with Crippen LogP contribution in [-0.2, 0) is 9.59 Å². The smallest absolute Gasteiger partial charge is 0.222 e. The predicted molar refractivity (Wildman–Crippen MR) is 109 cm³/mol. The van der Waals surface area contributed by atoms with Crippen LogP contribution in [-0.4, -0.2) is 60.9 Å². The van der Waals surface area contributed by atoms with Gasteiger partial charge >= 0.3 is 0 Å². The summed E-state index contributed by atoms with van der Waals surface area (Å²) in [7, 11) is 0. The minimum atomic E-state index is 0.175. The first kappa shape index (κ1) is 20.0. The molecular formula is C21H30ClN3O2. The summed E-state index contributed by atoms with van der Waals surface area (Å²) in [5.74, 6) is 0.395. The van der Waals surface area contributed by atoms with Gasteiger partial charge in [-0.25, -0.2) is 0 Å². The highest BCUT2D eigenvalue weighted by Gasteiger charge is 2.22. The monoisotopic (exact) mass is 391 g/mol. The Hall–Kier alpha value is -1.75. The molecule has 0 radical (unpaired) electrons. The summed E-state index contributed by atoms with van der Waals surface area (Å²) in [6.45, 7) is 4.92. The maximum absolute atomic E-state index is 12.5. The molecule has 148 valence electrons. The van der Waals surface area contributed by atoms with E-state index < -0.39 is 0 Å². The highest BCUT2D eigenvalue weighted by atomic mass is 35.5. The Bertz CT molecular complexity index is 619. The van der Waals surface area contributed by atoms with E-state index in [2.05, 4.69) is 4.90 Å². The summed E-state index contributed by atoms with van der Waals surface area (Å²) in [4.78, 5) is 31.0. The molecule has 0 spiro atoms. The normalized spacial score (nSPS) is 18.3. The fourth-order valence-corrected chi connectivity index (χ4v) is 4.02. The summed E-state index contributed by atoms with van der Waals surface area (Å²) in [5, 5.41) is 0.738. The number of anilines is 1. The van der Waals surface area contributed by atoms with Crippen LogP contribution in [0.1, 0.15) is 44.9 Å². The Kier molecular flexibility index (Phi) is 7.39. The lowest BCUT2D eigenvalue weighted by molar-refractivity contribution is -0.133. The van der Waals surface area contributed by atoms with Gasteiger partial charge in [0.05, 0.1) is 0 Å². The van der Waals surface area contributed by atoms with Gasteiger partial charge in [0.15, 0.2) is 0 Å². The van der Waals surface area contributed by atoms with Gasteiger partial charge in [-0.3, -0.25) is 9.59 Å². The van der Waals surface area contributed by atoms with Crippen LogP contribution in [0.15, 0.2) is 24.3 Å². The van der Waals surface area contributed by atoms with Crippen LogP contribution in [0.3, 0.4) is 0 Å². The second-order valence-corrected chi connectivity index (χ2v) is 7.93. The number of benzene rings is 1. The van der Waals surface area contributed by atoms with Gasteiger partial charge in [-0.05, 0) is 43.5 Å². The van der Waals surface area contributed by atoms with Gasteiger partial charge in [-0.1, -0.05) is 24.4 Å². The number of carbonyl (C=O) groups excluding carboxylic acids is 2. The Balaban J connectivity index is 1.36. The maximum atomic E-state index is 12.5. The summed E-state index contributed by atoms with van der Waals surface area (Å²) in [5.41, 5.74) is 1.15. The Labute approximate surface area is 167 Å². The number of carbonyl (C=O) groups is 2. The van der Waals surface area contributed by atoms with E-state index in [0.717, 1.165) is 62.8 Å². The van der Waals surface area contributed by atoms with Gasteiger partial charge in [0.25, 0.3) is 0 Å². The topological polar surface area (TPSA) is 43.9 Å². The van der Waals surface area contributed by atoms with Crippen molar-refractivity contribution >= 4 is 29.1 Å². The number of hydrogen-bond acceptors (Lipinski definition) is 3. The summed E-state index contributed by atoms with van der Waals surface area (Å²) >= 11 is 5.95. The highest BCUT2D eigenvalue weighted by Crippen LogP contribution is 2.20. The molecule has 0 unspecified atom stereocenters. The number of amides is 2. The van der Waals surface area contributed by atoms with E-state index in [-0.39, 0.29) is 11.8 Å². The molecule has 2 amide bonds. The Morgan fingerprint density at radius 3 is 1.81 bits per heavy atom. The van der Waals surface area contributed by atoms with E-state index >= 15 is 0 Å². The van der Waals surface area contributed by atoms with Crippen LogP contribution in [0.4, 0.5) is 5.69 Å². The number of hydrogen-bond donors (Lipinski definition) is 0. The molecule has 0 saturated carbocycles. The standard InChI is InChI=1S/C21H30ClN3O2/c22-18-8-10-19(11-9-18)23-14-16-25(17-15-23)21(27)7-5-6-20(26)24-12-3-1-2-4-13-24/h8-11H,1-7,12-17H2. The third-order valence-electron chi connectivity index (χ3n) is 5.56. The molecule has 2 saturated heterocycles. The number of likely N-dealkylation sites (tertiary alicyclic amines) is 1. The third kappa shape index (κ3) is 5.86. The van der Waals surface area contributed by atoms with Crippen molar-refractivity contribution in [3.63, 3.8) is 0 Å². The second kappa shape index (κ2) is 9.98. The fourth-order valence-electron chi connectivity index (χ4n) is 3.89. The van der Waals surface area contributed by atoms with Crippen molar-refractivity contribution in [2.45, 2.75) is 44.9 Å². The number of piperazine rings is 1. The zero-order valence-electron chi connectivity index (χ0n) is 16.0. The fraction of sp³-hybridized carbons (Fsp3) is 0.619. The molecule has 2 aliphatic rings. The number of halogens is 1. The van der Waals surface area contributed by atoms with Crippen LogP contribution in [0, 0.1) is 0 Å². The van der Waals surface area contributed by atoms with Crippen LogP contribution >= 0.6 is 11.6 Å². The van der Waals surface area contributed by atoms with Gasteiger partial charge in [0.2, 0.25) is 11.8 Å². The van der Waals surface area contributed by atoms with Crippen LogP contribution < -0.4 is 4.90 Å². The molecule has 2 fully saturated rings. The second-order valence-electron chi connectivity index (χ2n) is 7.49. The zero-order valence-corrected chi connectivity index (χ0v) is 16.8. The minimum Gasteiger partial charge on any atom is -0.368 e. The van der Waals surface area contributed by atoms with E-state index in [4.69, 9.17) is 11.6 Å². The molecule has 2 heterocycles. The van der Waals surface area contributed by atoms with Crippen molar-refractivity contribution in [2.75, 3.05) is 44.2 Å². The van der Waals surface area contributed by atoms with Crippen molar-refractivity contribution < 1.29 is 9.59 Å². The lowest BCUT2D eigenvalue weighted by Crippen LogP contribution is -2.48. The van der Waals surface area contributed by atoms with Gasteiger partial charge in [-0.15, -0.1) is 0 Å². The molecule has 3 rings (SSSR count). The Morgan fingerprint density at radius 1 is 0.741 bits per heavy atom. The van der Waals surface area contributed by atoms with Crippen molar-refractivity contribution in [3.8, 4) is 0 Å².